The highest BCUT2D eigenvalue weighted by atomic mass is 16.5. The van der Waals surface area contributed by atoms with Crippen LogP contribution in [0.25, 0.3) is 0 Å². The molecule has 2 heterocycles. The molecule has 0 saturated heterocycles. The number of aliphatic hydroxyl groups excluding tert-OH is 4. The van der Waals surface area contributed by atoms with Crippen molar-refractivity contribution >= 4 is 17.9 Å². The average Bonchev–Trinajstić information content (AvgIpc) is 3.04. The van der Waals surface area contributed by atoms with E-state index >= 15 is 0 Å². The lowest BCUT2D eigenvalue weighted by molar-refractivity contribution is -0.147. The monoisotopic (exact) mass is 676 g/mol. The predicted molar refractivity (Wildman–Crippen MR) is 153 cm³/mol. The van der Waals surface area contributed by atoms with Crippen LogP contribution in [0.3, 0.4) is 0 Å². The zero-order chi connectivity index (χ0) is 35.3. The molecule has 22 nitrogen and oxygen atoms in total. The standard InChI is InChI=1S/C25H36N6O16/c1-45-17(36)2-5-26-20(39)27(22(41)28(21(26)40)7-4-19(38)47-15-16(35)14-34)6-3-18(37)46-13-10-31-24(43)29(8-11-32)23(42)30(9-12-33)25(31)44/h16,32-35H,2-15H2,1H3. The maximum Gasteiger partial charge on any atom is 0.336 e. The molecule has 0 aliphatic heterocycles. The SMILES string of the molecule is COC(=O)CCn1c(=O)n(CCC(=O)OCCn2c(=O)n(CCO)c(=O)n(CCO)c2=O)c(=O)n(CCC(=O)OCC(O)CO)c1=O. The van der Waals surface area contributed by atoms with E-state index in [2.05, 4.69) is 4.74 Å². The Morgan fingerprint density at radius 1 is 0.553 bits per heavy atom. The van der Waals surface area contributed by atoms with Gasteiger partial charge in [0.15, 0.2) is 0 Å². The van der Waals surface area contributed by atoms with Crippen LogP contribution in [0.2, 0.25) is 0 Å². The van der Waals surface area contributed by atoms with Gasteiger partial charge in [0.25, 0.3) is 0 Å². The van der Waals surface area contributed by atoms with Crippen LogP contribution < -0.4 is 34.1 Å². The Bertz CT molecular complexity index is 1730. The summed E-state index contributed by atoms with van der Waals surface area (Å²) in [6.07, 6.45) is -3.02. The normalized spacial score (nSPS) is 11.7. The molecule has 0 radical (unpaired) electrons. The molecule has 2 aromatic heterocycles. The summed E-state index contributed by atoms with van der Waals surface area (Å²) < 4.78 is 17.4. The quantitative estimate of drug-likeness (QED) is 0.0794. The van der Waals surface area contributed by atoms with Crippen LogP contribution in [0, 0.1) is 0 Å². The van der Waals surface area contributed by atoms with Crippen molar-refractivity contribution in [2.75, 3.05) is 40.1 Å². The van der Waals surface area contributed by atoms with E-state index in [0.29, 0.717) is 27.4 Å². The van der Waals surface area contributed by atoms with Crippen molar-refractivity contribution in [1.29, 1.82) is 0 Å². The lowest BCUT2D eigenvalue weighted by Crippen LogP contribution is -2.55. The molecule has 0 aliphatic carbocycles. The molecule has 2 rings (SSSR count). The first-order valence-corrected chi connectivity index (χ1v) is 14.1. The average molecular weight is 677 g/mol. The van der Waals surface area contributed by atoms with Gasteiger partial charge in [-0.3, -0.25) is 14.4 Å². The highest BCUT2D eigenvalue weighted by Crippen LogP contribution is 1.95. The number of carbonyl (C=O) groups excluding carboxylic acids is 3. The van der Waals surface area contributed by atoms with Crippen molar-refractivity contribution in [3.05, 3.63) is 62.9 Å². The molecule has 1 atom stereocenters. The van der Waals surface area contributed by atoms with Gasteiger partial charge in [0.1, 0.15) is 19.3 Å². The topological polar surface area (TPSA) is 292 Å². The summed E-state index contributed by atoms with van der Waals surface area (Å²) in [4.78, 5) is 113. The Labute approximate surface area is 262 Å². The molecule has 0 aromatic carbocycles. The summed E-state index contributed by atoms with van der Waals surface area (Å²) in [5.41, 5.74) is -6.84. The Balaban J connectivity index is 2.26. The van der Waals surface area contributed by atoms with Gasteiger partial charge in [-0.15, -0.1) is 0 Å². The third kappa shape index (κ3) is 10.0. The third-order valence-corrected chi connectivity index (χ3v) is 6.49. The fourth-order valence-corrected chi connectivity index (χ4v) is 4.06. The van der Waals surface area contributed by atoms with Crippen molar-refractivity contribution < 1.29 is 49.0 Å². The van der Waals surface area contributed by atoms with Crippen LogP contribution in [-0.4, -0.2) is 112 Å². The molecule has 47 heavy (non-hydrogen) atoms. The van der Waals surface area contributed by atoms with Crippen molar-refractivity contribution in [3.63, 3.8) is 0 Å². The highest BCUT2D eigenvalue weighted by molar-refractivity contribution is 5.69. The zero-order valence-electron chi connectivity index (χ0n) is 25.3. The molecule has 22 heteroatoms. The fraction of sp³-hybridized carbons (Fsp3) is 0.640. The number of methoxy groups -OCH3 is 1. The maximum absolute atomic E-state index is 13.1. The molecule has 0 saturated carbocycles. The summed E-state index contributed by atoms with van der Waals surface area (Å²) in [7, 11) is 1.07. The van der Waals surface area contributed by atoms with Crippen LogP contribution >= 0.6 is 0 Å². The molecule has 262 valence electrons. The van der Waals surface area contributed by atoms with E-state index in [1.807, 2.05) is 0 Å². The number of carbonyl (C=O) groups is 3. The number of esters is 3. The molecule has 0 spiro atoms. The third-order valence-electron chi connectivity index (χ3n) is 6.49. The van der Waals surface area contributed by atoms with Crippen molar-refractivity contribution in [2.45, 2.75) is 64.6 Å². The molecule has 2 aromatic rings. The number of nitrogens with zero attached hydrogens (tertiary/aromatic N) is 6. The summed E-state index contributed by atoms with van der Waals surface area (Å²) in [5.74, 6) is -2.77. The van der Waals surface area contributed by atoms with Crippen molar-refractivity contribution in [1.82, 2.24) is 27.4 Å². The van der Waals surface area contributed by atoms with E-state index in [9.17, 15) is 58.5 Å². The fourth-order valence-electron chi connectivity index (χ4n) is 4.06. The highest BCUT2D eigenvalue weighted by Gasteiger charge is 2.20. The second kappa shape index (κ2) is 18.3. The smallest absolute Gasteiger partial charge is 0.336 e. The van der Waals surface area contributed by atoms with Gasteiger partial charge in [-0.25, -0.2) is 56.2 Å². The summed E-state index contributed by atoms with van der Waals surface area (Å²) in [6, 6.07) is 0. The summed E-state index contributed by atoms with van der Waals surface area (Å²) >= 11 is 0. The lowest BCUT2D eigenvalue weighted by Gasteiger charge is -2.14. The first kappa shape index (κ1) is 38.3. The van der Waals surface area contributed by atoms with E-state index in [4.69, 9.17) is 14.6 Å². The Morgan fingerprint density at radius 2 is 0.894 bits per heavy atom. The summed E-state index contributed by atoms with van der Waals surface area (Å²) in [6.45, 7) is -6.29. The molecule has 0 fully saturated rings. The number of aromatic nitrogens is 6. The summed E-state index contributed by atoms with van der Waals surface area (Å²) in [5, 5.41) is 36.5. The van der Waals surface area contributed by atoms with Crippen LogP contribution in [0.5, 0.6) is 0 Å². The Morgan fingerprint density at radius 3 is 1.26 bits per heavy atom. The van der Waals surface area contributed by atoms with Gasteiger partial charge < -0.3 is 34.6 Å². The van der Waals surface area contributed by atoms with Crippen LogP contribution in [0.15, 0.2) is 28.8 Å². The van der Waals surface area contributed by atoms with Gasteiger partial charge in [-0.1, -0.05) is 0 Å². The van der Waals surface area contributed by atoms with E-state index in [1.54, 1.807) is 0 Å². The Kier molecular flexibility index (Phi) is 14.9. The molecule has 4 N–H and O–H groups in total. The zero-order valence-corrected chi connectivity index (χ0v) is 25.3. The second-order valence-corrected chi connectivity index (χ2v) is 9.62. The first-order valence-electron chi connectivity index (χ1n) is 14.1. The van der Waals surface area contributed by atoms with Gasteiger partial charge in [0.2, 0.25) is 0 Å². The van der Waals surface area contributed by atoms with Gasteiger partial charge in [0.05, 0.1) is 65.8 Å². The van der Waals surface area contributed by atoms with Crippen LogP contribution in [0.4, 0.5) is 0 Å². The van der Waals surface area contributed by atoms with E-state index < -0.39 is 150 Å². The number of rotatable bonds is 19. The van der Waals surface area contributed by atoms with E-state index in [0.717, 1.165) is 7.11 Å². The number of hydrogen-bond donors (Lipinski definition) is 4. The van der Waals surface area contributed by atoms with Crippen molar-refractivity contribution in [3.8, 4) is 0 Å². The minimum atomic E-state index is -1.36. The molecule has 0 aliphatic rings. The minimum absolute atomic E-state index is 0.446. The maximum atomic E-state index is 13.1. The van der Waals surface area contributed by atoms with E-state index in [-0.39, 0.29) is 0 Å². The van der Waals surface area contributed by atoms with Gasteiger partial charge >= 0.3 is 52.0 Å². The largest absolute Gasteiger partial charge is 0.469 e. The molecular weight excluding hydrogens is 640 g/mol. The van der Waals surface area contributed by atoms with E-state index in [1.165, 1.54) is 0 Å². The molecule has 1 unspecified atom stereocenters. The number of aliphatic hydroxyl groups is 4. The van der Waals surface area contributed by atoms with Gasteiger partial charge in [-0.2, -0.15) is 0 Å². The van der Waals surface area contributed by atoms with Crippen LogP contribution in [-0.2, 0) is 67.9 Å². The molecule has 0 amide bonds. The molecular formula is C25H36N6O16. The lowest BCUT2D eigenvalue weighted by atomic mass is 10.4. The number of hydrogen-bond acceptors (Lipinski definition) is 16. The van der Waals surface area contributed by atoms with Crippen LogP contribution in [0.1, 0.15) is 19.3 Å². The van der Waals surface area contributed by atoms with Gasteiger partial charge in [0, 0.05) is 19.6 Å². The second-order valence-electron chi connectivity index (χ2n) is 9.62. The number of ether oxygens (including phenoxy) is 3. The first-order chi connectivity index (χ1) is 22.3. The Hall–Kier alpha value is -4.93. The minimum Gasteiger partial charge on any atom is -0.469 e. The van der Waals surface area contributed by atoms with Crippen molar-refractivity contribution in [2.24, 2.45) is 0 Å². The predicted octanol–water partition coefficient (Wildman–Crippen LogP) is -6.88. The molecule has 0 bridgehead atoms. The van der Waals surface area contributed by atoms with Gasteiger partial charge in [-0.05, 0) is 0 Å².